The van der Waals surface area contributed by atoms with E-state index < -0.39 is 0 Å². The van der Waals surface area contributed by atoms with Crippen LogP contribution in [0.2, 0.25) is 0 Å². The van der Waals surface area contributed by atoms with Crippen molar-refractivity contribution in [2.75, 3.05) is 12.1 Å². The number of rotatable bonds is 5. The molecule has 6 heteroatoms. The van der Waals surface area contributed by atoms with Crippen molar-refractivity contribution in [1.29, 1.82) is 0 Å². The summed E-state index contributed by atoms with van der Waals surface area (Å²) in [4.78, 5) is 8.81. The van der Waals surface area contributed by atoms with Crippen molar-refractivity contribution in [3.63, 3.8) is 0 Å². The Morgan fingerprint density at radius 3 is 2.68 bits per heavy atom. The summed E-state index contributed by atoms with van der Waals surface area (Å²) < 4.78 is 16.5. The molecular weight excluding hydrogens is 354 g/mol. The Morgan fingerprint density at radius 1 is 0.929 bits per heavy atom. The van der Waals surface area contributed by atoms with Crippen molar-refractivity contribution in [2.24, 2.45) is 0 Å². The van der Waals surface area contributed by atoms with E-state index in [2.05, 4.69) is 33.5 Å². The highest BCUT2D eigenvalue weighted by Crippen LogP contribution is 2.33. The minimum Gasteiger partial charge on any atom is -0.465 e. The minimum absolute atomic E-state index is 0.288. The Kier molecular flexibility index (Phi) is 4.09. The van der Waals surface area contributed by atoms with Gasteiger partial charge in [-0.05, 0) is 60.9 Å². The molecule has 3 heterocycles. The SMILES string of the molecule is Cc1ccc(CNc2ncnc3ccc(Cc4ccc5c(c4)OCO5)cc23)o1. The van der Waals surface area contributed by atoms with Crippen LogP contribution in [-0.4, -0.2) is 16.8 Å². The molecule has 0 spiro atoms. The maximum absolute atomic E-state index is 5.63. The van der Waals surface area contributed by atoms with E-state index in [4.69, 9.17) is 13.9 Å². The van der Waals surface area contributed by atoms with Crippen LogP contribution in [-0.2, 0) is 13.0 Å². The van der Waals surface area contributed by atoms with E-state index in [0.29, 0.717) is 6.54 Å². The molecule has 0 radical (unpaired) electrons. The van der Waals surface area contributed by atoms with E-state index >= 15 is 0 Å². The van der Waals surface area contributed by atoms with Crippen LogP contribution in [0, 0.1) is 6.92 Å². The summed E-state index contributed by atoms with van der Waals surface area (Å²) in [7, 11) is 0. The van der Waals surface area contributed by atoms with Gasteiger partial charge in [0.05, 0.1) is 12.1 Å². The zero-order valence-corrected chi connectivity index (χ0v) is 15.4. The standard InChI is InChI=1S/C22H19N3O3/c1-14-2-5-17(28-14)11-23-22-18-9-15(3-6-19(18)24-12-25-22)8-16-4-7-20-21(10-16)27-13-26-20/h2-7,9-10,12H,8,11,13H2,1H3,(H,23,24,25). The number of ether oxygens (including phenoxy) is 2. The van der Waals surface area contributed by atoms with Gasteiger partial charge in [0.1, 0.15) is 23.7 Å². The number of aryl methyl sites for hydroxylation is 1. The normalized spacial score (nSPS) is 12.5. The Balaban J connectivity index is 1.41. The molecule has 28 heavy (non-hydrogen) atoms. The molecule has 1 N–H and O–H groups in total. The summed E-state index contributed by atoms with van der Waals surface area (Å²) in [5.41, 5.74) is 3.25. The molecule has 0 amide bonds. The molecule has 5 rings (SSSR count). The number of hydrogen-bond donors (Lipinski definition) is 1. The van der Waals surface area contributed by atoms with Gasteiger partial charge in [-0.25, -0.2) is 9.97 Å². The number of aromatic nitrogens is 2. The van der Waals surface area contributed by atoms with Crippen LogP contribution in [0.3, 0.4) is 0 Å². The molecule has 1 aliphatic heterocycles. The van der Waals surface area contributed by atoms with Gasteiger partial charge in [-0.3, -0.25) is 0 Å². The van der Waals surface area contributed by atoms with E-state index in [1.165, 1.54) is 11.1 Å². The van der Waals surface area contributed by atoms with Gasteiger partial charge in [0, 0.05) is 5.39 Å². The second-order valence-electron chi connectivity index (χ2n) is 6.80. The van der Waals surface area contributed by atoms with Crippen LogP contribution >= 0.6 is 0 Å². The molecule has 2 aromatic heterocycles. The Labute approximate surface area is 162 Å². The molecule has 0 saturated heterocycles. The number of benzene rings is 2. The Morgan fingerprint density at radius 2 is 1.79 bits per heavy atom. The zero-order chi connectivity index (χ0) is 18.9. The average molecular weight is 373 g/mol. The van der Waals surface area contributed by atoms with Crippen molar-refractivity contribution < 1.29 is 13.9 Å². The van der Waals surface area contributed by atoms with Crippen LogP contribution in [0.4, 0.5) is 5.82 Å². The lowest BCUT2D eigenvalue weighted by Gasteiger charge is -2.09. The lowest BCUT2D eigenvalue weighted by atomic mass is 10.0. The number of furan rings is 1. The monoisotopic (exact) mass is 373 g/mol. The van der Waals surface area contributed by atoms with Gasteiger partial charge in [0.2, 0.25) is 6.79 Å². The maximum atomic E-state index is 5.63. The largest absolute Gasteiger partial charge is 0.465 e. The van der Waals surface area contributed by atoms with Crippen LogP contribution in [0.5, 0.6) is 11.5 Å². The summed E-state index contributed by atoms with van der Waals surface area (Å²) >= 11 is 0. The third-order valence-corrected chi connectivity index (χ3v) is 4.77. The van der Waals surface area contributed by atoms with Crippen LogP contribution in [0.1, 0.15) is 22.6 Å². The predicted octanol–water partition coefficient (Wildman–Crippen LogP) is 4.46. The number of anilines is 1. The first-order valence-electron chi connectivity index (χ1n) is 9.16. The summed E-state index contributed by atoms with van der Waals surface area (Å²) in [5.74, 6) is 4.18. The van der Waals surface area contributed by atoms with Gasteiger partial charge in [0.15, 0.2) is 11.5 Å². The van der Waals surface area contributed by atoms with E-state index in [1.54, 1.807) is 6.33 Å². The molecule has 0 saturated carbocycles. The molecule has 0 atom stereocenters. The molecule has 1 aliphatic rings. The van der Waals surface area contributed by atoms with Gasteiger partial charge in [-0.2, -0.15) is 0 Å². The molecule has 0 fully saturated rings. The molecule has 6 nitrogen and oxygen atoms in total. The van der Waals surface area contributed by atoms with Gasteiger partial charge < -0.3 is 19.2 Å². The summed E-state index contributed by atoms with van der Waals surface area (Å²) in [6.07, 6.45) is 2.37. The van der Waals surface area contributed by atoms with E-state index in [-0.39, 0.29) is 6.79 Å². The fourth-order valence-corrected chi connectivity index (χ4v) is 3.39. The third-order valence-electron chi connectivity index (χ3n) is 4.77. The highest BCUT2D eigenvalue weighted by molar-refractivity contribution is 5.89. The average Bonchev–Trinajstić information content (AvgIpc) is 3.34. The number of nitrogens with one attached hydrogen (secondary N) is 1. The molecule has 0 aliphatic carbocycles. The molecule has 0 unspecified atom stereocenters. The van der Waals surface area contributed by atoms with E-state index in [0.717, 1.165) is 46.2 Å². The lowest BCUT2D eigenvalue weighted by Crippen LogP contribution is -2.02. The fourth-order valence-electron chi connectivity index (χ4n) is 3.39. The topological polar surface area (TPSA) is 69.4 Å². The molecule has 140 valence electrons. The number of fused-ring (bicyclic) bond motifs is 2. The Hall–Kier alpha value is -3.54. The highest BCUT2D eigenvalue weighted by atomic mass is 16.7. The first-order chi connectivity index (χ1) is 13.7. The second-order valence-corrected chi connectivity index (χ2v) is 6.80. The predicted molar refractivity (Wildman–Crippen MR) is 106 cm³/mol. The summed E-state index contributed by atoms with van der Waals surface area (Å²) in [6.45, 7) is 2.80. The van der Waals surface area contributed by atoms with Crippen LogP contribution in [0.15, 0.2) is 59.3 Å². The van der Waals surface area contributed by atoms with E-state index in [1.807, 2.05) is 37.3 Å². The third kappa shape index (κ3) is 3.24. The van der Waals surface area contributed by atoms with Crippen molar-refractivity contribution in [2.45, 2.75) is 19.9 Å². The van der Waals surface area contributed by atoms with Crippen molar-refractivity contribution in [1.82, 2.24) is 9.97 Å². The van der Waals surface area contributed by atoms with Crippen molar-refractivity contribution >= 4 is 16.7 Å². The van der Waals surface area contributed by atoms with Crippen LogP contribution < -0.4 is 14.8 Å². The van der Waals surface area contributed by atoms with Crippen molar-refractivity contribution in [3.05, 3.63) is 77.5 Å². The number of nitrogens with zero attached hydrogens (tertiary/aromatic N) is 2. The van der Waals surface area contributed by atoms with Gasteiger partial charge in [0.25, 0.3) is 0 Å². The highest BCUT2D eigenvalue weighted by Gasteiger charge is 2.13. The van der Waals surface area contributed by atoms with Crippen molar-refractivity contribution in [3.8, 4) is 11.5 Å². The fraction of sp³-hybridized carbons (Fsp3) is 0.182. The quantitative estimate of drug-likeness (QED) is 0.557. The van der Waals surface area contributed by atoms with Gasteiger partial charge in [-0.1, -0.05) is 12.1 Å². The van der Waals surface area contributed by atoms with Crippen LogP contribution in [0.25, 0.3) is 10.9 Å². The molecule has 4 aromatic rings. The second kappa shape index (κ2) is 6.88. The Bertz CT molecular complexity index is 1150. The van der Waals surface area contributed by atoms with E-state index in [9.17, 15) is 0 Å². The smallest absolute Gasteiger partial charge is 0.231 e. The summed E-state index contributed by atoms with van der Waals surface area (Å²) in [6, 6.07) is 16.2. The molecular formula is C22H19N3O3. The van der Waals surface area contributed by atoms with Gasteiger partial charge in [-0.15, -0.1) is 0 Å². The first kappa shape index (κ1) is 16.6. The molecule has 2 aromatic carbocycles. The number of hydrogen-bond acceptors (Lipinski definition) is 6. The summed E-state index contributed by atoms with van der Waals surface area (Å²) in [5, 5.41) is 4.35. The lowest BCUT2D eigenvalue weighted by molar-refractivity contribution is 0.174. The molecule has 0 bridgehead atoms. The minimum atomic E-state index is 0.288. The zero-order valence-electron chi connectivity index (χ0n) is 15.4. The van der Waals surface area contributed by atoms with Gasteiger partial charge >= 0.3 is 0 Å². The first-order valence-corrected chi connectivity index (χ1v) is 9.16. The maximum Gasteiger partial charge on any atom is 0.231 e.